The number of aromatic nitrogens is 3. The summed E-state index contributed by atoms with van der Waals surface area (Å²) in [5.74, 6) is -0.172. The Morgan fingerprint density at radius 1 is 1.18 bits per heavy atom. The van der Waals surface area contributed by atoms with E-state index < -0.39 is 17.8 Å². The lowest BCUT2D eigenvalue weighted by molar-refractivity contribution is -0.141. The maximum Gasteiger partial charge on any atom is 0.433 e. The van der Waals surface area contributed by atoms with Gasteiger partial charge < -0.3 is 21.1 Å². The fourth-order valence-corrected chi connectivity index (χ4v) is 3.09. The summed E-state index contributed by atoms with van der Waals surface area (Å²) in [5.41, 5.74) is 1.65. The number of carbonyl (C=O) groups excluding carboxylic acids is 1. The second-order valence-corrected chi connectivity index (χ2v) is 7.13. The van der Waals surface area contributed by atoms with Crippen LogP contribution in [-0.4, -0.2) is 45.3 Å². The van der Waals surface area contributed by atoms with Gasteiger partial charge in [-0.05, 0) is 55.3 Å². The van der Waals surface area contributed by atoms with E-state index in [2.05, 4.69) is 25.6 Å². The lowest BCUT2D eigenvalue weighted by atomic mass is 10.1. The summed E-state index contributed by atoms with van der Waals surface area (Å²) >= 11 is 0. The number of pyridine rings is 1. The Kier molecular flexibility index (Phi) is 7.02. The zero-order chi connectivity index (χ0) is 24.2. The number of halogens is 3. The highest BCUT2D eigenvalue weighted by Gasteiger charge is 2.33. The molecule has 1 amide bonds. The van der Waals surface area contributed by atoms with Crippen molar-refractivity contribution in [3.05, 3.63) is 59.1 Å². The van der Waals surface area contributed by atoms with Crippen LogP contribution in [0.3, 0.4) is 0 Å². The maximum absolute atomic E-state index is 13.0. The fraction of sp³-hybridized carbons (Fsp3) is 0.227. The number of nitrogens with one attached hydrogen (secondary N) is 3. The second-order valence-electron chi connectivity index (χ2n) is 7.13. The number of anilines is 1. The molecule has 0 spiro atoms. The summed E-state index contributed by atoms with van der Waals surface area (Å²) in [4.78, 5) is 24.6. The number of alkyl halides is 3. The second kappa shape index (κ2) is 9.74. The molecule has 2 heterocycles. The predicted octanol–water partition coefficient (Wildman–Crippen LogP) is 3.38. The molecule has 0 fully saturated rings. The van der Waals surface area contributed by atoms with Gasteiger partial charge in [-0.15, -0.1) is 0 Å². The Hall–Kier alpha value is -3.86. The van der Waals surface area contributed by atoms with Gasteiger partial charge in [0.1, 0.15) is 16.9 Å². The van der Waals surface area contributed by atoms with E-state index in [0.29, 0.717) is 33.7 Å². The number of hydrogen-bond acceptors (Lipinski definition) is 7. The van der Waals surface area contributed by atoms with Crippen LogP contribution in [0.5, 0.6) is 0 Å². The van der Waals surface area contributed by atoms with Gasteiger partial charge in [-0.2, -0.15) is 13.2 Å². The van der Waals surface area contributed by atoms with E-state index in [0.717, 1.165) is 12.3 Å². The summed E-state index contributed by atoms with van der Waals surface area (Å²) in [6.07, 6.45) is -1.07. The third kappa shape index (κ3) is 5.50. The van der Waals surface area contributed by atoms with Gasteiger partial charge in [-0.3, -0.25) is 4.79 Å². The Labute approximate surface area is 187 Å². The van der Waals surface area contributed by atoms with Crippen molar-refractivity contribution < 1.29 is 23.1 Å². The topological polar surface area (TPSA) is 124 Å². The number of benzene rings is 1. The minimum atomic E-state index is -4.56. The SMILES string of the molecule is Cc1cc(-c2ncc3nc(C(F)(F)F)cc(C)c3n2)ccc1NC(=O)/C(=C/C=N)NCCO. The number of rotatable bonds is 7. The average molecular weight is 458 g/mol. The molecule has 0 bridgehead atoms. The maximum atomic E-state index is 13.0. The third-order valence-corrected chi connectivity index (χ3v) is 4.68. The van der Waals surface area contributed by atoms with E-state index in [4.69, 9.17) is 10.5 Å². The molecule has 0 aliphatic heterocycles. The quantitative estimate of drug-likeness (QED) is 0.318. The number of carbonyl (C=O) groups is 1. The van der Waals surface area contributed by atoms with Crippen molar-refractivity contribution in [1.82, 2.24) is 20.3 Å². The summed E-state index contributed by atoms with van der Waals surface area (Å²) < 4.78 is 39.0. The molecule has 2 aromatic heterocycles. The Morgan fingerprint density at radius 3 is 2.58 bits per heavy atom. The Bertz CT molecular complexity index is 1240. The van der Waals surface area contributed by atoms with Crippen LogP contribution in [0.4, 0.5) is 18.9 Å². The van der Waals surface area contributed by atoms with Gasteiger partial charge in [0, 0.05) is 24.0 Å². The van der Waals surface area contributed by atoms with Crippen LogP contribution in [0.1, 0.15) is 16.8 Å². The molecule has 0 unspecified atom stereocenters. The van der Waals surface area contributed by atoms with Gasteiger partial charge in [-0.1, -0.05) is 0 Å². The number of amides is 1. The molecule has 0 radical (unpaired) electrons. The molecule has 3 rings (SSSR count). The fourth-order valence-electron chi connectivity index (χ4n) is 3.09. The van der Waals surface area contributed by atoms with E-state index >= 15 is 0 Å². The van der Waals surface area contributed by atoms with Crippen LogP contribution in [0.25, 0.3) is 22.4 Å². The van der Waals surface area contributed by atoms with Crippen LogP contribution in [0.2, 0.25) is 0 Å². The molecule has 172 valence electrons. The largest absolute Gasteiger partial charge is 0.433 e. The molecule has 0 aliphatic carbocycles. The highest BCUT2D eigenvalue weighted by atomic mass is 19.4. The molecule has 0 saturated carbocycles. The smallest absolute Gasteiger partial charge is 0.395 e. The first kappa shape index (κ1) is 23.8. The molecule has 8 nitrogen and oxygen atoms in total. The lowest BCUT2D eigenvalue weighted by Gasteiger charge is -2.13. The van der Waals surface area contributed by atoms with E-state index in [9.17, 15) is 18.0 Å². The van der Waals surface area contributed by atoms with E-state index in [1.165, 1.54) is 19.2 Å². The van der Waals surface area contributed by atoms with Gasteiger partial charge in [0.25, 0.3) is 5.91 Å². The monoisotopic (exact) mass is 458 g/mol. The standard InChI is InChI=1S/C22H21F3N6O2/c1-12-9-14(3-4-15(12)30-21(33)16(5-6-26)27-7-8-32)20-28-11-17-19(31-20)13(2)10-18(29-17)22(23,24)25/h3-6,9-11,26-27,32H,7-8H2,1-2H3,(H,30,33)/b16-5-,26-6?. The van der Waals surface area contributed by atoms with Crippen molar-refractivity contribution in [2.75, 3.05) is 18.5 Å². The predicted molar refractivity (Wildman–Crippen MR) is 118 cm³/mol. The number of fused-ring (bicyclic) bond motifs is 1. The Balaban J connectivity index is 1.88. The number of aliphatic hydroxyl groups is 1. The summed E-state index contributed by atoms with van der Waals surface area (Å²) in [7, 11) is 0. The molecule has 0 saturated heterocycles. The number of aliphatic hydroxyl groups excluding tert-OH is 1. The van der Waals surface area contributed by atoms with Crippen molar-refractivity contribution in [3.63, 3.8) is 0 Å². The van der Waals surface area contributed by atoms with Gasteiger partial charge in [0.05, 0.1) is 18.3 Å². The normalized spacial score (nSPS) is 12.0. The number of nitrogens with zero attached hydrogens (tertiary/aromatic N) is 3. The van der Waals surface area contributed by atoms with Crippen molar-refractivity contribution in [2.24, 2.45) is 0 Å². The highest BCUT2D eigenvalue weighted by molar-refractivity contribution is 6.05. The average Bonchev–Trinajstić information content (AvgIpc) is 2.77. The number of hydrogen-bond donors (Lipinski definition) is 4. The molecule has 4 N–H and O–H groups in total. The first-order valence-corrected chi connectivity index (χ1v) is 9.83. The van der Waals surface area contributed by atoms with Gasteiger partial charge in [0.2, 0.25) is 0 Å². The van der Waals surface area contributed by atoms with E-state index in [-0.39, 0.29) is 24.4 Å². The van der Waals surface area contributed by atoms with Crippen LogP contribution < -0.4 is 10.6 Å². The van der Waals surface area contributed by atoms with E-state index in [1.54, 1.807) is 25.1 Å². The zero-order valence-corrected chi connectivity index (χ0v) is 17.8. The summed E-state index contributed by atoms with van der Waals surface area (Å²) in [6, 6.07) is 6.03. The van der Waals surface area contributed by atoms with Crippen molar-refractivity contribution in [3.8, 4) is 11.4 Å². The zero-order valence-electron chi connectivity index (χ0n) is 17.8. The number of allylic oxidation sites excluding steroid dienone is 1. The van der Waals surface area contributed by atoms with Gasteiger partial charge in [0.15, 0.2) is 5.82 Å². The molecule has 3 aromatic rings. The molecule has 11 heteroatoms. The van der Waals surface area contributed by atoms with Gasteiger partial charge >= 0.3 is 6.18 Å². The van der Waals surface area contributed by atoms with Crippen LogP contribution in [0.15, 0.2) is 42.2 Å². The highest BCUT2D eigenvalue weighted by Crippen LogP contribution is 2.31. The number of aryl methyl sites for hydroxylation is 2. The molecule has 0 atom stereocenters. The first-order valence-electron chi connectivity index (χ1n) is 9.83. The summed E-state index contributed by atoms with van der Waals surface area (Å²) in [5, 5.41) is 21.6. The summed E-state index contributed by atoms with van der Waals surface area (Å²) in [6.45, 7) is 3.28. The van der Waals surface area contributed by atoms with Crippen molar-refractivity contribution in [1.29, 1.82) is 5.41 Å². The van der Waals surface area contributed by atoms with Crippen molar-refractivity contribution in [2.45, 2.75) is 20.0 Å². The van der Waals surface area contributed by atoms with Crippen molar-refractivity contribution >= 4 is 28.8 Å². The molecular formula is C22H21F3N6O2. The first-order chi connectivity index (χ1) is 15.6. The van der Waals surface area contributed by atoms with Crippen LogP contribution in [-0.2, 0) is 11.0 Å². The van der Waals surface area contributed by atoms with Crippen LogP contribution in [0, 0.1) is 19.3 Å². The lowest BCUT2D eigenvalue weighted by Crippen LogP contribution is -2.28. The third-order valence-electron chi connectivity index (χ3n) is 4.68. The Morgan fingerprint density at radius 2 is 1.94 bits per heavy atom. The van der Waals surface area contributed by atoms with Crippen LogP contribution >= 0.6 is 0 Å². The van der Waals surface area contributed by atoms with E-state index in [1.807, 2.05) is 0 Å². The molecular weight excluding hydrogens is 437 g/mol. The molecule has 33 heavy (non-hydrogen) atoms. The van der Waals surface area contributed by atoms with Gasteiger partial charge in [-0.25, -0.2) is 15.0 Å². The molecule has 0 aliphatic rings. The minimum absolute atomic E-state index is 0.0487. The minimum Gasteiger partial charge on any atom is -0.395 e. The molecule has 1 aromatic carbocycles.